The minimum absolute atomic E-state index is 0.367. The van der Waals surface area contributed by atoms with Crippen molar-refractivity contribution in [2.75, 3.05) is 19.7 Å². The lowest BCUT2D eigenvalue weighted by molar-refractivity contribution is -0.134. The molecule has 1 aliphatic heterocycles. The first-order valence-corrected chi connectivity index (χ1v) is 12.6. The van der Waals surface area contributed by atoms with Gasteiger partial charge in [-0.2, -0.15) is 0 Å². The normalized spacial score (nSPS) is 16.5. The highest BCUT2D eigenvalue weighted by Gasteiger charge is 2.23. The standard InChI is InChI=1S/C25H49NO2/c1-4-7-10-12-14-17-25(27)26-20-18-24(19-21-26)28-22-23(15-9-6-3)16-13-11-8-5-2/h23-24H,4-22H2,1-3H3. The maximum Gasteiger partial charge on any atom is 0.222 e. The Bertz CT molecular complexity index is 364. The fraction of sp³-hybridized carbons (Fsp3) is 0.960. The first-order chi connectivity index (χ1) is 13.7. The van der Waals surface area contributed by atoms with Crippen molar-refractivity contribution in [3.05, 3.63) is 0 Å². The number of likely N-dealkylation sites (tertiary alicyclic amines) is 1. The fourth-order valence-electron chi connectivity index (χ4n) is 4.25. The number of piperidine rings is 1. The molecule has 1 rings (SSSR count). The van der Waals surface area contributed by atoms with Gasteiger partial charge in [0, 0.05) is 26.1 Å². The van der Waals surface area contributed by atoms with Crippen LogP contribution in [0.15, 0.2) is 0 Å². The van der Waals surface area contributed by atoms with Gasteiger partial charge < -0.3 is 9.64 Å². The average molecular weight is 396 g/mol. The summed E-state index contributed by atoms with van der Waals surface area (Å²) in [5.41, 5.74) is 0. The van der Waals surface area contributed by atoms with Gasteiger partial charge in [-0.25, -0.2) is 0 Å². The van der Waals surface area contributed by atoms with E-state index in [-0.39, 0.29) is 0 Å². The first-order valence-electron chi connectivity index (χ1n) is 12.6. The molecule has 1 amide bonds. The summed E-state index contributed by atoms with van der Waals surface area (Å²) in [4.78, 5) is 14.5. The highest BCUT2D eigenvalue weighted by atomic mass is 16.5. The lowest BCUT2D eigenvalue weighted by atomic mass is 9.96. The predicted octanol–water partition coefficient (Wildman–Crippen LogP) is 7.13. The SMILES string of the molecule is CCCCCCCC(=O)N1CCC(OCC(CCCC)CCCCCC)CC1. The van der Waals surface area contributed by atoms with E-state index in [1.165, 1.54) is 77.0 Å². The van der Waals surface area contributed by atoms with Gasteiger partial charge in [0.25, 0.3) is 0 Å². The van der Waals surface area contributed by atoms with Crippen LogP contribution in [0, 0.1) is 5.92 Å². The van der Waals surface area contributed by atoms with Crippen LogP contribution in [0.1, 0.15) is 124 Å². The Morgan fingerprint density at radius 1 is 0.821 bits per heavy atom. The molecule has 3 nitrogen and oxygen atoms in total. The molecule has 1 aliphatic rings. The van der Waals surface area contributed by atoms with Gasteiger partial charge in [0.1, 0.15) is 0 Å². The molecule has 1 fully saturated rings. The van der Waals surface area contributed by atoms with Gasteiger partial charge in [-0.3, -0.25) is 4.79 Å². The number of hydrogen-bond acceptors (Lipinski definition) is 2. The van der Waals surface area contributed by atoms with Gasteiger partial charge in [-0.05, 0) is 38.0 Å². The lowest BCUT2D eigenvalue weighted by Gasteiger charge is -2.33. The summed E-state index contributed by atoms with van der Waals surface area (Å²) in [7, 11) is 0. The summed E-state index contributed by atoms with van der Waals surface area (Å²) in [6.45, 7) is 9.52. The summed E-state index contributed by atoms with van der Waals surface area (Å²) in [6, 6.07) is 0. The van der Waals surface area contributed by atoms with Gasteiger partial charge >= 0.3 is 0 Å². The third kappa shape index (κ3) is 12.1. The van der Waals surface area contributed by atoms with Crippen LogP contribution in [0.4, 0.5) is 0 Å². The molecule has 0 bridgehead atoms. The van der Waals surface area contributed by atoms with E-state index in [1.807, 2.05) is 0 Å². The van der Waals surface area contributed by atoms with Crippen LogP contribution in [0.2, 0.25) is 0 Å². The van der Waals surface area contributed by atoms with E-state index < -0.39 is 0 Å². The van der Waals surface area contributed by atoms with E-state index in [0.29, 0.717) is 12.0 Å². The highest BCUT2D eigenvalue weighted by molar-refractivity contribution is 5.76. The number of hydrogen-bond donors (Lipinski definition) is 0. The lowest BCUT2D eigenvalue weighted by Crippen LogP contribution is -2.41. The maximum atomic E-state index is 12.4. The Morgan fingerprint density at radius 2 is 1.39 bits per heavy atom. The molecule has 0 aliphatic carbocycles. The molecule has 3 heteroatoms. The van der Waals surface area contributed by atoms with E-state index in [1.54, 1.807) is 0 Å². The molecule has 166 valence electrons. The molecule has 1 heterocycles. The van der Waals surface area contributed by atoms with Crippen LogP contribution in [0.5, 0.6) is 0 Å². The van der Waals surface area contributed by atoms with Gasteiger partial charge in [0.2, 0.25) is 5.91 Å². The number of rotatable bonds is 17. The fourth-order valence-corrected chi connectivity index (χ4v) is 4.25. The second-order valence-electron chi connectivity index (χ2n) is 8.94. The minimum Gasteiger partial charge on any atom is -0.378 e. The van der Waals surface area contributed by atoms with E-state index in [9.17, 15) is 4.79 Å². The molecule has 1 saturated heterocycles. The summed E-state index contributed by atoms with van der Waals surface area (Å²) in [5.74, 6) is 1.10. The summed E-state index contributed by atoms with van der Waals surface area (Å²) < 4.78 is 6.31. The van der Waals surface area contributed by atoms with Crippen LogP contribution in [-0.2, 0) is 9.53 Å². The van der Waals surface area contributed by atoms with E-state index in [0.717, 1.165) is 51.3 Å². The smallest absolute Gasteiger partial charge is 0.222 e. The minimum atomic E-state index is 0.367. The van der Waals surface area contributed by atoms with Crippen molar-refractivity contribution in [3.8, 4) is 0 Å². The Labute approximate surface area is 176 Å². The van der Waals surface area contributed by atoms with Crippen molar-refractivity contribution in [2.45, 2.75) is 130 Å². The molecular weight excluding hydrogens is 346 g/mol. The molecule has 0 aromatic heterocycles. The topological polar surface area (TPSA) is 29.5 Å². The summed E-state index contributed by atoms with van der Waals surface area (Å²) >= 11 is 0. The number of carbonyl (C=O) groups excluding carboxylic acids is 1. The third-order valence-corrected chi connectivity index (χ3v) is 6.29. The Hall–Kier alpha value is -0.570. The predicted molar refractivity (Wildman–Crippen MR) is 121 cm³/mol. The zero-order valence-corrected chi connectivity index (χ0v) is 19.4. The zero-order chi connectivity index (χ0) is 20.5. The Balaban J connectivity index is 2.19. The van der Waals surface area contributed by atoms with Gasteiger partial charge in [-0.15, -0.1) is 0 Å². The molecular formula is C25H49NO2. The molecule has 1 atom stereocenters. The van der Waals surface area contributed by atoms with E-state index in [2.05, 4.69) is 25.7 Å². The van der Waals surface area contributed by atoms with Crippen molar-refractivity contribution >= 4 is 5.91 Å². The Morgan fingerprint density at radius 3 is 2.04 bits per heavy atom. The third-order valence-electron chi connectivity index (χ3n) is 6.29. The summed E-state index contributed by atoms with van der Waals surface area (Å²) in [6.07, 6.45) is 19.9. The highest BCUT2D eigenvalue weighted by Crippen LogP contribution is 2.21. The van der Waals surface area contributed by atoms with Crippen LogP contribution < -0.4 is 0 Å². The van der Waals surface area contributed by atoms with Crippen molar-refractivity contribution in [3.63, 3.8) is 0 Å². The van der Waals surface area contributed by atoms with Crippen molar-refractivity contribution in [1.82, 2.24) is 4.90 Å². The van der Waals surface area contributed by atoms with Crippen LogP contribution in [-0.4, -0.2) is 36.6 Å². The van der Waals surface area contributed by atoms with Crippen LogP contribution >= 0.6 is 0 Å². The summed E-state index contributed by atoms with van der Waals surface area (Å²) in [5, 5.41) is 0. The van der Waals surface area contributed by atoms with Gasteiger partial charge in [0.05, 0.1) is 6.10 Å². The monoisotopic (exact) mass is 395 g/mol. The maximum absolute atomic E-state index is 12.4. The van der Waals surface area contributed by atoms with Crippen molar-refractivity contribution in [1.29, 1.82) is 0 Å². The zero-order valence-electron chi connectivity index (χ0n) is 19.4. The molecule has 0 saturated carbocycles. The molecule has 28 heavy (non-hydrogen) atoms. The van der Waals surface area contributed by atoms with Gasteiger partial charge in [0.15, 0.2) is 0 Å². The Kier molecular flexibility index (Phi) is 15.7. The number of unbranched alkanes of at least 4 members (excludes halogenated alkanes) is 8. The van der Waals surface area contributed by atoms with Crippen molar-refractivity contribution < 1.29 is 9.53 Å². The molecule has 0 N–H and O–H groups in total. The molecule has 0 aromatic carbocycles. The molecule has 1 unspecified atom stereocenters. The van der Waals surface area contributed by atoms with Crippen molar-refractivity contribution in [2.24, 2.45) is 5.92 Å². The van der Waals surface area contributed by atoms with Gasteiger partial charge in [-0.1, -0.05) is 85.0 Å². The molecule has 0 spiro atoms. The molecule has 0 radical (unpaired) electrons. The second-order valence-corrected chi connectivity index (χ2v) is 8.94. The van der Waals surface area contributed by atoms with E-state index in [4.69, 9.17) is 4.74 Å². The van der Waals surface area contributed by atoms with Crippen LogP contribution in [0.3, 0.4) is 0 Å². The van der Waals surface area contributed by atoms with E-state index >= 15 is 0 Å². The molecule has 0 aromatic rings. The van der Waals surface area contributed by atoms with Crippen LogP contribution in [0.25, 0.3) is 0 Å². The largest absolute Gasteiger partial charge is 0.378 e. The quantitative estimate of drug-likeness (QED) is 0.245. The second kappa shape index (κ2) is 17.3. The number of carbonyl (C=O) groups is 1. The first kappa shape index (κ1) is 25.5. The average Bonchev–Trinajstić information content (AvgIpc) is 2.72. The number of amides is 1. The number of nitrogens with zero attached hydrogens (tertiary/aromatic N) is 1. The number of ether oxygens (including phenoxy) is 1.